The highest BCUT2D eigenvalue weighted by Crippen LogP contribution is 2.64. The monoisotopic (exact) mass is 382 g/mol. The predicted octanol–water partition coefficient (Wildman–Crippen LogP) is 5.56. The van der Waals surface area contributed by atoms with Crippen LogP contribution < -0.4 is 4.74 Å². The molecule has 1 aromatic rings. The van der Waals surface area contributed by atoms with E-state index in [0.717, 1.165) is 18.4 Å². The highest BCUT2D eigenvalue weighted by molar-refractivity contribution is 8.21. The molecule has 1 aliphatic heterocycles. The van der Waals surface area contributed by atoms with Crippen LogP contribution in [0.3, 0.4) is 0 Å². The van der Waals surface area contributed by atoms with Gasteiger partial charge in [-0.15, -0.1) is 23.5 Å². The van der Waals surface area contributed by atoms with E-state index >= 15 is 0 Å². The van der Waals surface area contributed by atoms with Gasteiger partial charge < -0.3 is 4.74 Å². The molecule has 2 saturated carbocycles. The van der Waals surface area contributed by atoms with Crippen LogP contribution in [0.1, 0.15) is 37.7 Å². The zero-order valence-electron chi connectivity index (χ0n) is 13.9. The number of hydrogen-bond donors (Lipinski definition) is 0. The SMILES string of the molecule is Cc1cc(Cl)ccc1OC(=O)C1CC2CCCC(C1)C21SCCS1. The Kier molecular flexibility index (Phi) is 4.83. The molecule has 1 spiro atoms. The molecule has 1 heterocycles. The predicted molar refractivity (Wildman–Crippen MR) is 103 cm³/mol. The van der Waals surface area contributed by atoms with Gasteiger partial charge in [0.25, 0.3) is 0 Å². The van der Waals surface area contributed by atoms with Gasteiger partial charge in [0.1, 0.15) is 5.75 Å². The molecule has 0 amide bonds. The van der Waals surface area contributed by atoms with E-state index in [1.165, 1.54) is 30.8 Å². The molecule has 2 atom stereocenters. The first-order chi connectivity index (χ1) is 11.6. The maximum absolute atomic E-state index is 12.8. The van der Waals surface area contributed by atoms with Crippen LogP contribution in [-0.4, -0.2) is 21.6 Å². The first-order valence-electron chi connectivity index (χ1n) is 8.84. The molecule has 3 aliphatic rings. The lowest BCUT2D eigenvalue weighted by Crippen LogP contribution is -2.48. The van der Waals surface area contributed by atoms with Crippen LogP contribution in [0.5, 0.6) is 5.75 Å². The summed E-state index contributed by atoms with van der Waals surface area (Å²) in [6, 6.07) is 5.44. The smallest absolute Gasteiger partial charge is 0.314 e. The number of benzene rings is 1. The average Bonchev–Trinajstić information content (AvgIpc) is 2.99. The lowest BCUT2D eigenvalue weighted by Gasteiger charge is -2.51. The van der Waals surface area contributed by atoms with Gasteiger partial charge in [0.2, 0.25) is 0 Å². The molecule has 2 nitrogen and oxygen atoms in total. The number of carbonyl (C=O) groups is 1. The van der Waals surface area contributed by atoms with E-state index in [9.17, 15) is 4.79 Å². The Morgan fingerprint density at radius 3 is 2.50 bits per heavy atom. The van der Waals surface area contributed by atoms with E-state index in [1.54, 1.807) is 6.07 Å². The molecule has 0 radical (unpaired) electrons. The summed E-state index contributed by atoms with van der Waals surface area (Å²) in [6.07, 6.45) is 5.89. The Morgan fingerprint density at radius 1 is 1.21 bits per heavy atom. The largest absolute Gasteiger partial charge is 0.426 e. The Balaban J connectivity index is 1.48. The molecular weight excluding hydrogens is 360 g/mol. The van der Waals surface area contributed by atoms with Crippen LogP contribution in [0.25, 0.3) is 0 Å². The molecule has 2 bridgehead atoms. The Hall–Kier alpha value is -0.320. The first-order valence-corrected chi connectivity index (χ1v) is 11.2. The minimum absolute atomic E-state index is 0.0415. The highest BCUT2D eigenvalue weighted by Gasteiger charge is 2.55. The average molecular weight is 383 g/mol. The maximum Gasteiger partial charge on any atom is 0.314 e. The van der Waals surface area contributed by atoms with Gasteiger partial charge in [0, 0.05) is 16.5 Å². The van der Waals surface area contributed by atoms with Crippen molar-refractivity contribution < 1.29 is 9.53 Å². The van der Waals surface area contributed by atoms with Crippen molar-refractivity contribution in [3.05, 3.63) is 28.8 Å². The fraction of sp³-hybridized carbons (Fsp3) is 0.632. The molecule has 0 aromatic heterocycles. The van der Waals surface area contributed by atoms with Crippen molar-refractivity contribution >= 4 is 41.1 Å². The fourth-order valence-electron chi connectivity index (χ4n) is 4.72. The summed E-state index contributed by atoms with van der Waals surface area (Å²) in [5.41, 5.74) is 0.922. The topological polar surface area (TPSA) is 26.3 Å². The molecular formula is C19H23ClO2S2. The molecule has 2 unspecified atom stereocenters. The standard InChI is InChI=1S/C19H23ClO2S2/c1-12-9-16(20)5-6-17(12)22-18(21)13-10-14-3-2-4-15(11-13)19(14)23-7-8-24-19/h5-6,9,13-15H,2-4,7-8,10-11H2,1H3. The molecule has 24 heavy (non-hydrogen) atoms. The number of halogens is 1. The summed E-state index contributed by atoms with van der Waals surface area (Å²) < 4.78 is 6.15. The van der Waals surface area contributed by atoms with Gasteiger partial charge in [-0.05, 0) is 68.2 Å². The fourth-order valence-corrected chi connectivity index (χ4v) is 8.88. The number of carbonyl (C=O) groups excluding carboxylic acids is 1. The molecule has 4 rings (SSSR count). The van der Waals surface area contributed by atoms with Crippen LogP contribution in [0.4, 0.5) is 0 Å². The molecule has 5 heteroatoms. The van der Waals surface area contributed by atoms with Crippen molar-refractivity contribution in [1.82, 2.24) is 0 Å². The summed E-state index contributed by atoms with van der Waals surface area (Å²) in [7, 11) is 0. The minimum Gasteiger partial charge on any atom is -0.426 e. The van der Waals surface area contributed by atoms with Gasteiger partial charge in [-0.3, -0.25) is 4.79 Å². The second kappa shape index (κ2) is 6.77. The minimum atomic E-state index is -0.0415. The van der Waals surface area contributed by atoms with Crippen molar-refractivity contribution in [2.45, 2.75) is 43.1 Å². The summed E-state index contributed by atoms with van der Waals surface area (Å²) in [5, 5.41) is 0.678. The maximum atomic E-state index is 12.8. The lowest BCUT2D eigenvalue weighted by atomic mass is 9.67. The van der Waals surface area contributed by atoms with E-state index in [0.29, 0.717) is 26.7 Å². The summed E-state index contributed by atoms with van der Waals surface area (Å²) in [4.78, 5) is 12.8. The second-order valence-corrected chi connectivity index (χ2v) is 10.7. The first kappa shape index (κ1) is 17.1. The number of rotatable bonds is 2. The number of aryl methyl sites for hydroxylation is 1. The third kappa shape index (κ3) is 2.99. The number of ether oxygens (including phenoxy) is 1. The van der Waals surface area contributed by atoms with Crippen molar-refractivity contribution in [1.29, 1.82) is 0 Å². The molecule has 3 fully saturated rings. The van der Waals surface area contributed by atoms with E-state index in [-0.39, 0.29) is 11.9 Å². The quantitative estimate of drug-likeness (QED) is 0.494. The molecule has 2 aliphatic carbocycles. The number of esters is 1. The van der Waals surface area contributed by atoms with Gasteiger partial charge in [-0.25, -0.2) is 0 Å². The highest BCUT2D eigenvalue weighted by atomic mass is 35.5. The van der Waals surface area contributed by atoms with Gasteiger partial charge in [-0.1, -0.05) is 18.0 Å². The van der Waals surface area contributed by atoms with Crippen LogP contribution in [0.2, 0.25) is 5.02 Å². The van der Waals surface area contributed by atoms with Crippen LogP contribution in [0, 0.1) is 24.7 Å². The summed E-state index contributed by atoms with van der Waals surface area (Å²) in [5.74, 6) is 4.56. The van der Waals surface area contributed by atoms with Crippen molar-refractivity contribution in [2.75, 3.05) is 11.5 Å². The molecule has 130 valence electrons. The van der Waals surface area contributed by atoms with Crippen LogP contribution >= 0.6 is 35.1 Å². The Labute approximate surface area is 157 Å². The molecule has 1 saturated heterocycles. The summed E-state index contributed by atoms with van der Waals surface area (Å²) in [6.45, 7) is 1.94. The van der Waals surface area contributed by atoms with Crippen LogP contribution in [-0.2, 0) is 4.79 Å². The van der Waals surface area contributed by atoms with Crippen molar-refractivity contribution in [3.8, 4) is 5.75 Å². The van der Waals surface area contributed by atoms with Crippen molar-refractivity contribution in [3.63, 3.8) is 0 Å². The lowest BCUT2D eigenvalue weighted by molar-refractivity contribution is -0.141. The molecule has 0 N–H and O–H groups in total. The zero-order chi connectivity index (χ0) is 16.7. The normalized spacial score (nSPS) is 31.2. The third-order valence-corrected chi connectivity index (χ3v) is 10.1. The van der Waals surface area contributed by atoms with E-state index < -0.39 is 0 Å². The van der Waals surface area contributed by atoms with Gasteiger partial charge in [0.05, 0.1) is 10.00 Å². The zero-order valence-corrected chi connectivity index (χ0v) is 16.3. The van der Waals surface area contributed by atoms with E-state index in [1.807, 2.05) is 19.1 Å². The van der Waals surface area contributed by atoms with E-state index in [4.69, 9.17) is 16.3 Å². The third-order valence-electron chi connectivity index (χ3n) is 5.80. The Bertz CT molecular complexity index is 626. The van der Waals surface area contributed by atoms with Crippen molar-refractivity contribution in [2.24, 2.45) is 17.8 Å². The van der Waals surface area contributed by atoms with Crippen LogP contribution in [0.15, 0.2) is 18.2 Å². The second-order valence-electron chi connectivity index (χ2n) is 7.24. The Morgan fingerprint density at radius 2 is 1.88 bits per heavy atom. The van der Waals surface area contributed by atoms with E-state index in [2.05, 4.69) is 23.5 Å². The van der Waals surface area contributed by atoms with Gasteiger partial charge in [0.15, 0.2) is 0 Å². The molecule has 1 aromatic carbocycles. The van der Waals surface area contributed by atoms with Gasteiger partial charge in [-0.2, -0.15) is 0 Å². The van der Waals surface area contributed by atoms with Gasteiger partial charge >= 0.3 is 5.97 Å². The summed E-state index contributed by atoms with van der Waals surface area (Å²) >= 11 is 10.3. The number of thioether (sulfide) groups is 2. The number of hydrogen-bond acceptors (Lipinski definition) is 4.